The number of anilines is 2. The van der Waals surface area contributed by atoms with Gasteiger partial charge in [0.25, 0.3) is 0 Å². The Morgan fingerprint density at radius 2 is 1.90 bits per heavy atom. The second-order valence-electron chi connectivity index (χ2n) is 4.56. The van der Waals surface area contributed by atoms with Gasteiger partial charge in [-0.25, -0.2) is 9.78 Å². The molecule has 1 aromatic carbocycles. The van der Waals surface area contributed by atoms with Crippen LogP contribution in [0.3, 0.4) is 0 Å². The summed E-state index contributed by atoms with van der Waals surface area (Å²) in [6.45, 7) is 1.97. The van der Waals surface area contributed by atoms with E-state index in [9.17, 15) is 4.79 Å². The van der Waals surface area contributed by atoms with Gasteiger partial charge in [0.1, 0.15) is 11.0 Å². The van der Waals surface area contributed by atoms with Crippen molar-refractivity contribution >= 4 is 29.3 Å². The molecule has 0 aliphatic heterocycles. The second kappa shape index (κ2) is 5.97. The monoisotopic (exact) mass is 306 g/mol. The van der Waals surface area contributed by atoms with Crippen LogP contribution in [0.25, 0.3) is 0 Å². The number of aromatic carboxylic acids is 1. The second-order valence-corrected chi connectivity index (χ2v) is 4.92. The smallest absolute Gasteiger partial charge is 0.335 e. The van der Waals surface area contributed by atoms with E-state index in [1.54, 1.807) is 24.3 Å². The van der Waals surface area contributed by atoms with Crippen molar-refractivity contribution in [3.05, 3.63) is 46.1 Å². The van der Waals surface area contributed by atoms with Gasteiger partial charge in [-0.2, -0.15) is 4.98 Å². The Kier molecular flexibility index (Phi) is 4.28. The van der Waals surface area contributed by atoms with Crippen LogP contribution >= 0.6 is 11.6 Å². The number of hydrogen-bond donors (Lipinski definition) is 3. The Labute approximate surface area is 126 Å². The first-order valence-electron chi connectivity index (χ1n) is 6.35. The van der Waals surface area contributed by atoms with Gasteiger partial charge in [0, 0.05) is 11.5 Å². The lowest BCUT2D eigenvalue weighted by atomic mass is 9.89. The van der Waals surface area contributed by atoms with Gasteiger partial charge in [-0.15, -0.1) is 0 Å². The number of aromatic nitrogens is 2. The van der Waals surface area contributed by atoms with Gasteiger partial charge in [0.15, 0.2) is 0 Å². The molecule has 0 spiro atoms. The van der Waals surface area contributed by atoms with E-state index in [2.05, 4.69) is 9.97 Å². The first kappa shape index (κ1) is 15.1. The first-order chi connectivity index (χ1) is 9.93. The molecule has 2 aromatic rings. The maximum absolute atomic E-state index is 10.9. The molecule has 0 radical (unpaired) electrons. The van der Waals surface area contributed by atoms with Crippen molar-refractivity contribution in [2.75, 3.05) is 11.5 Å². The number of halogens is 1. The fourth-order valence-corrected chi connectivity index (χ4v) is 2.58. The molecule has 0 fully saturated rings. The summed E-state index contributed by atoms with van der Waals surface area (Å²) in [4.78, 5) is 18.8. The van der Waals surface area contributed by atoms with Crippen LogP contribution in [-0.4, -0.2) is 21.0 Å². The molecule has 0 saturated carbocycles. The molecule has 7 heteroatoms. The third-order valence-corrected chi connectivity index (χ3v) is 3.55. The number of carboxylic acid groups (broad SMARTS) is 1. The zero-order valence-corrected chi connectivity index (χ0v) is 12.1. The number of nitrogens with two attached hydrogens (primary N) is 2. The number of nitrogen functional groups attached to an aromatic ring is 2. The standard InChI is InChI=1S/C14H15ClN4O2/c1-2-9(7-3-5-8(6-4-7)13(20)21)10-11(15)18-14(17)19-12(10)16/h3-6,9H,2H2,1H3,(H,20,21)(H4,16,17,18,19). The summed E-state index contributed by atoms with van der Waals surface area (Å²) in [5.74, 6) is -0.831. The Morgan fingerprint density at radius 1 is 1.29 bits per heavy atom. The summed E-state index contributed by atoms with van der Waals surface area (Å²) in [6, 6.07) is 6.57. The molecule has 5 N–H and O–H groups in total. The summed E-state index contributed by atoms with van der Waals surface area (Å²) in [5.41, 5.74) is 13.1. The quantitative estimate of drug-likeness (QED) is 0.748. The molecule has 21 heavy (non-hydrogen) atoms. The molecule has 110 valence electrons. The van der Waals surface area contributed by atoms with E-state index in [1.807, 2.05) is 6.92 Å². The summed E-state index contributed by atoms with van der Waals surface area (Å²) < 4.78 is 0. The van der Waals surface area contributed by atoms with Gasteiger partial charge in [-0.05, 0) is 24.1 Å². The van der Waals surface area contributed by atoms with Crippen LogP contribution in [0.2, 0.25) is 5.15 Å². The van der Waals surface area contributed by atoms with E-state index in [0.717, 1.165) is 5.56 Å². The van der Waals surface area contributed by atoms with Crippen molar-refractivity contribution in [3.8, 4) is 0 Å². The van der Waals surface area contributed by atoms with Crippen molar-refractivity contribution in [1.29, 1.82) is 0 Å². The van der Waals surface area contributed by atoms with E-state index in [-0.39, 0.29) is 28.4 Å². The van der Waals surface area contributed by atoms with Gasteiger partial charge >= 0.3 is 5.97 Å². The minimum Gasteiger partial charge on any atom is -0.478 e. The Bertz CT molecular complexity index is 650. The number of benzene rings is 1. The van der Waals surface area contributed by atoms with Crippen LogP contribution < -0.4 is 11.5 Å². The summed E-state index contributed by atoms with van der Waals surface area (Å²) in [6.07, 6.45) is 0.712. The molecule has 1 aromatic heterocycles. The lowest BCUT2D eigenvalue weighted by Crippen LogP contribution is -2.10. The van der Waals surface area contributed by atoms with Crippen LogP contribution in [0, 0.1) is 0 Å². The van der Waals surface area contributed by atoms with Crippen LogP contribution in [0.15, 0.2) is 24.3 Å². The topological polar surface area (TPSA) is 115 Å². The predicted molar refractivity (Wildman–Crippen MR) is 81.4 cm³/mol. The van der Waals surface area contributed by atoms with Crippen LogP contribution in [0.1, 0.15) is 40.7 Å². The minimum atomic E-state index is -0.969. The van der Waals surface area contributed by atoms with Gasteiger partial charge in [-0.1, -0.05) is 30.7 Å². The minimum absolute atomic E-state index is 0.0253. The number of carboxylic acids is 1. The molecule has 2 rings (SSSR count). The molecule has 1 heterocycles. The lowest BCUT2D eigenvalue weighted by molar-refractivity contribution is 0.0697. The number of hydrogen-bond acceptors (Lipinski definition) is 5. The summed E-state index contributed by atoms with van der Waals surface area (Å²) in [7, 11) is 0. The third kappa shape index (κ3) is 3.05. The largest absolute Gasteiger partial charge is 0.478 e. The molecular formula is C14H15ClN4O2. The van der Waals surface area contributed by atoms with Gasteiger partial charge in [0.2, 0.25) is 5.95 Å². The molecule has 1 unspecified atom stereocenters. The van der Waals surface area contributed by atoms with E-state index in [4.69, 9.17) is 28.2 Å². The van der Waals surface area contributed by atoms with Crippen molar-refractivity contribution in [1.82, 2.24) is 9.97 Å². The fraction of sp³-hybridized carbons (Fsp3) is 0.214. The highest BCUT2D eigenvalue weighted by molar-refractivity contribution is 6.30. The van der Waals surface area contributed by atoms with Gasteiger partial charge in [0.05, 0.1) is 5.56 Å². The molecule has 0 aliphatic rings. The van der Waals surface area contributed by atoms with Crippen LogP contribution in [-0.2, 0) is 0 Å². The van der Waals surface area contributed by atoms with Gasteiger partial charge < -0.3 is 16.6 Å². The SMILES string of the molecule is CCC(c1ccc(C(=O)O)cc1)c1c(N)nc(N)nc1Cl. The Balaban J connectivity index is 2.47. The van der Waals surface area contributed by atoms with Crippen molar-refractivity contribution in [2.45, 2.75) is 19.3 Å². The van der Waals surface area contributed by atoms with Crippen molar-refractivity contribution in [2.24, 2.45) is 0 Å². The molecule has 0 aliphatic carbocycles. The Hall–Kier alpha value is -2.34. The molecule has 6 nitrogen and oxygen atoms in total. The zero-order chi connectivity index (χ0) is 15.6. The molecule has 0 saturated heterocycles. The maximum atomic E-state index is 10.9. The molecule has 0 amide bonds. The van der Waals surface area contributed by atoms with Crippen LogP contribution in [0.5, 0.6) is 0 Å². The summed E-state index contributed by atoms with van der Waals surface area (Å²) >= 11 is 6.13. The predicted octanol–water partition coefficient (Wildman–Crippen LogP) is 2.53. The average molecular weight is 307 g/mol. The highest BCUT2D eigenvalue weighted by atomic mass is 35.5. The molecule has 1 atom stereocenters. The lowest BCUT2D eigenvalue weighted by Gasteiger charge is -2.18. The Morgan fingerprint density at radius 3 is 2.38 bits per heavy atom. The molecular weight excluding hydrogens is 292 g/mol. The van der Waals surface area contributed by atoms with Crippen molar-refractivity contribution < 1.29 is 9.90 Å². The number of carbonyl (C=O) groups is 1. The summed E-state index contributed by atoms with van der Waals surface area (Å²) in [5, 5.41) is 9.15. The normalized spacial score (nSPS) is 12.1. The van der Waals surface area contributed by atoms with Gasteiger partial charge in [-0.3, -0.25) is 0 Å². The maximum Gasteiger partial charge on any atom is 0.335 e. The van der Waals surface area contributed by atoms with E-state index in [1.165, 1.54) is 0 Å². The first-order valence-corrected chi connectivity index (χ1v) is 6.73. The molecule has 0 bridgehead atoms. The van der Waals surface area contributed by atoms with Crippen molar-refractivity contribution in [3.63, 3.8) is 0 Å². The van der Waals surface area contributed by atoms with E-state index in [0.29, 0.717) is 12.0 Å². The highest BCUT2D eigenvalue weighted by Gasteiger charge is 2.21. The van der Waals surface area contributed by atoms with E-state index < -0.39 is 5.97 Å². The fourth-order valence-electron chi connectivity index (χ4n) is 2.26. The third-order valence-electron chi connectivity index (χ3n) is 3.26. The number of rotatable bonds is 4. The number of nitrogens with zero attached hydrogens (tertiary/aromatic N) is 2. The highest BCUT2D eigenvalue weighted by Crippen LogP contribution is 2.35. The zero-order valence-electron chi connectivity index (χ0n) is 11.4. The van der Waals surface area contributed by atoms with Crippen LogP contribution in [0.4, 0.5) is 11.8 Å². The average Bonchev–Trinajstić information content (AvgIpc) is 2.42. The van der Waals surface area contributed by atoms with E-state index >= 15 is 0 Å².